The van der Waals surface area contributed by atoms with Gasteiger partial charge in [-0.05, 0) is 36.2 Å². The Morgan fingerprint density at radius 2 is 2.18 bits per heavy atom. The zero-order chi connectivity index (χ0) is 15.4. The summed E-state index contributed by atoms with van der Waals surface area (Å²) in [5, 5.41) is 2.86. The van der Waals surface area contributed by atoms with E-state index >= 15 is 0 Å². The van der Waals surface area contributed by atoms with E-state index in [2.05, 4.69) is 10.3 Å². The van der Waals surface area contributed by atoms with Gasteiger partial charge in [0, 0.05) is 43.2 Å². The van der Waals surface area contributed by atoms with Crippen molar-refractivity contribution in [2.45, 2.75) is 19.4 Å². The number of carbonyl (C=O) groups excluding carboxylic acids is 2. The molecule has 1 saturated heterocycles. The van der Waals surface area contributed by atoms with Gasteiger partial charge in [0.2, 0.25) is 5.91 Å². The van der Waals surface area contributed by atoms with Crippen molar-refractivity contribution in [1.29, 1.82) is 0 Å². The van der Waals surface area contributed by atoms with Crippen molar-refractivity contribution in [2.75, 3.05) is 11.4 Å². The highest BCUT2D eigenvalue weighted by Crippen LogP contribution is 2.22. The van der Waals surface area contributed by atoms with Gasteiger partial charge in [-0.3, -0.25) is 14.6 Å². The van der Waals surface area contributed by atoms with Crippen LogP contribution in [0.15, 0.2) is 48.8 Å². The van der Waals surface area contributed by atoms with Gasteiger partial charge >= 0.3 is 0 Å². The highest BCUT2D eigenvalue weighted by molar-refractivity contribution is 5.99. The SMILES string of the molecule is O=C(NCc1cccnc1)c1cccc(N2CCCC2=O)c1. The maximum Gasteiger partial charge on any atom is 0.251 e. The van der Waals surface area contributed by atoms with Crippen LogP contribution in [0.2, 0.25) is 0 Å². The molecular formula is C17H17N3O2. The Bertz CT molecular complexity index is 685. The minimum atomic E-state index is -0.155. The number of hydrogen-bond donors (Lipinski definition) is 1. The predicted molar refractivity (Wildman–Crippen MR) is 83.4 cm³/mol. The number of anilines is 1. The Morgan fingerprint density at radius 1 is 1.27 bits per heavy atom. The summed E-state index contributed by atoms with van der Waals surface area (Å²) < 4.78 is 0. The molecule has 1 aromatic carbocycles. The lowest BCUT2D eigenvalue weighted by Crippen LogP contribution is -2.25. The Morgan fingerprint density at radius 3 is 2.91 bits per heavy atom. The largest absolute Gasteiger partial charge is 0.348 e. The van der Waals surface area contributed by atoms with Crippen molar-refractivity contribution >= 4 is 17.5 Å². The first-order valence-corrected chi connectivity index (χ1v) is 7.31. The number of aromatic nitrogens is 1. The van der Waals surface area contributed by atoms with Crippen molar-refractivity contribution in [3.63, 3.8) is 0 Å². The summed E-state index contributed by atoms with van der Waals surface area (Å²) in [6.07, 6.45) is 4.87. The maximum absolute atomic E-state index is 12.2. The summed E-state index contributed by atoms with van der Waals surface area (Å²) in [5.41, 5.74) is 2.29. The smallest absolute Gasteiger partial charge is 0.251 e. The van der Waals surface area contributed by atoms with Crippen LogP contribution >= 0.6 is 0 Å². The molecule has 5 heteroatoms. The number of rotatable bonds is 4. The summed E-state index contributed by atoms with van der Waals surface area (Å²) in [6, 6.07) is 10.9. The molecule has 0 unspecified atom stereocenters. The summed E-state index contributed by atoms with van der Waals surface area (Å²) in [6.45, 7) is 1.15. The van der Waals surface area contributed by atoms with Crippen LogP contribution in [0, 0.1) is 0 Å². The molecule has 1 aliphatic heterocycles. The van der Waals surface area contributed by atoms with Gasteiger partial charge in [0.25, 0.3) is 5.91 Å². The minimum Gasteiger partial charge on any atom is -0.348 e. The molecule has 22 heavy (non-hydrogen) atoms. The number of hydrogen-bond acceptors (Lipinski definition) is 3. The third-order valence-electron chi connectivity index (χ3n) is 3.67. The van der Waals surface area contributed by atoms with Crippen LogP contribution in [-0.2, 0) is 11.3 Å². The topological polar surface area (TPSA) is 62.3 Å². The van der Waals surface area contributed by atoms with Crippen molar-refractivity contribution < 1.29 is 9.59 Å². The molecule has 112 valence electrons. The average Bonchev–Trinajstić information content (AvgIpc) is 3.00. The highest BCUT2D eigenvalue weighted by Gasteiger charge is 2.22. The molecule has 1 N–H and O–H groups in total. The van der Waals surface area contributed by atoms with Crippen LogP contribution in [0.5, 0.6) is 0 Å². The Labute approximate surface area is 129 Å². The van der Waals surface area contributed by atoms with Gasteiger partial charge in [-0.15, -0.1) is 0 Å². The quantitative estimate of drug-likeness (QED) is 0.940. The molecule has 0 saturated carbocycles. The Kier molecular flexibility index (Phi) is 4.14. The van der Waals surface area contributed by atoms with Crippen LogP contribution in [0.25, 0.3) is 0 Å². The van der Waals surface area contributed by atoms with E-state index in [0.717, 1.165) is 24.2 Å². The third-order valence-corrected chi connectivity index (χ3v) is 3.67. The second-order valence-corrected chi connectivity index (χ2v) is 5.24. The molecule has 1 aliphatic rings. The van der Waals surface area contributed by atoms with Crippen LogP contribution in [-0.4, -0.2) is 23.3 Å². The van der Waals surface area contributed by atoms with Crippen LogP contribution < -0.4 is 10.2 Å². The fraction of sp³-hybridized carbons (Fsp3) is 0.235. The molecular weight excluding hydrogens is 278 g/mol. The summed E-state index contributed by atoms with van der Waals surface area (Å²) in [4.78, 5) is 29.8. The molecule has 0 atom stereocenters. The molecule has 0 radical (unpaired) electrons. The van der Waals surface area contributed by atoms with E-state index in [1.807, 2.05) is 18.2 Å². The predicted octanol–water partition coefficient (Wildman–Crippen LogP) is 2.14. The van der Waals surface area contributed by atoms with E-state index in [9.17, 15) is 9.59 Å². The number of benzene rings is 1. The molecule has 2 heterocycles. The second kappa shape index (κ2) is 6.39. The van der Waals surface area contributed by atoms with Crippen molar-refractivity contribution in [1.82, 2.24) is 10.3 Å². The van der Waals surface area contributed by atoms with Gasteiger partial charge in [-0.2, -0.15) is 0 Å². The number of carbonyl (C=O) groups is 2. The molecule has 3 rings (SSSR count). The van der Waals surface area contributed by atoms with Gasteiger partial charge in [-0.25, -0.2) is 0 Å². The van der Waals surface area contributed by atoms with Gasteiger partial charge in [0.05, 0.1) is 0 Å². The molecule has 0 bridgehead atoms. The van der Waals surface area contributed by atoms with E-state index < -0.39 is 0 Å². The standard InChI is InChI=1S/C17H17N3O2/c21-16-7-3-9-20(16)15-6-1-5-14(10-15)17(22)19-12-13-4-2-8-18-11-13/h1-2,4-6,8,10-11H,3,7,9,12H2,(H,19,22). The minimum absolute atomic E-state index is 0.118. The third kappa shape index (κ3) is 3.14. The fourth-order valence-electron chi connectivity index (χ4n) is 2.52. The first-order chi connectivity index (χ1) is 10.7. The first-order valence-electron chi connectivity index (χ1n) is 7.31. The summed E-state index contributed by atoms with van der Waals surface area (Å²) in [7, 11) is 0. The van der Waals surface area contributed by atoms with E-state index in [4.69, 9.17) is 0 Å². The molecule has 1 aromatic heterocycles. The second-order valence-electron chi connectivity index (χ2n) is 5.24. The van der Waals surface area contributed by atoms with Crippen LogP contribution in [0.1, 0.15) is 28.8 Å². The summed E-state index contributed by atoms with van der Waals surface area (Å²) in [5.74, 6) is -0.0368. The number of amides is 2. The lowest BCUT2D eigenvalue weighted by atomic mass is 10.1. The van der Waals surface area contributed by atoms with Crippen molar-refractivity contribution in [2.24, 2.45) is 0 Å². The van der Waals surface area contributed by atoms with Crippen LogP contribution in [0.3, 0.4) is 0 Å². The molecule has 2 amide bonds. The molecule has 1 fully saturated rings. The van der Waals surface area contributed by atoms with Crippen molar-refractivity contribution in [3.05, 3.63) is 59.9 Å². The van der Waals surface area contributed by atoms with E-state index in [1.54, 1.807) is 35.5 Å². The summed E-state index contributed by atoms with van der Waals surface area (Å²) >= 11 is 0. The van der Waals surface area contributed by atoms with Gasteiger partial charge in [0.15, 0.2) is 0 Å². The number of nitrogens with one attached hydrogen (secondary N) is 1. The number of nitrogens with zero attached hydrogens (tertiary/aromatic N) is 2. The lowest BCUT2D eigenvalue weighted by molar-refractivity contribution is -0.117. The molecule has 0 spiro atoms. The molecule has 2 aromatic rings. The zero-order valence-corrected chi connectivity index (χ0v) is 12.2. The van der Waals surface area contributed by atoms with E-state index in [0.29, 0.717) is 18.5 Å². The molecule has 5 nitrogen and oxygen atoms in total. The van der Waals surface area contributed by atoms with E-state index in [1.165, 1.54) is 0 Å². The normalized spacial score (nSPS) is 14.2. The van der Waals surface area contributed by atoms with Gasteiger partial charge in [-0.1, -0.05) is 12.1 Å². The van der Waals surface area contributed by atoms with Gasteiger partial charge in [0.1, 0.15) is 0 Å². The average molecular weight is 295 g/mol. The highest BCUT2D eigenvalue weighted by atomic mass is 16.2. The lowest BCUT2D eigenvalue weighted by Gasteiger charge is -2.16. The Balaban J connectivity index is 1.69. The monoisotopic (exact) mass is 295 g/mol. The number of pyridine rings is 1. The first kappa shape index (κ1) is 14.3. The van der Waals surface area contributed by atoms with Crippen molar-refractivity contribution in [3.8, 4) is 0 Å². The van der Waals surface area contributed by atoms with Crippen LogP contribution in [0.4, 0.5) is 5.69 Å². The fourth-order valence-corrected chi connectivity index (χ4v) is 2.52. The van der Waals surface area contributed by atoms with E-state index in [-0.39, 0.29) is 11.8 Å². The Hall–Kier alpha value is -2.69. The zero-order valence-electron chi connectivity index (χ0n) is 12.2. The molecule has 0 aliphatic carbocycles. The maximum atomic E-state index is 12.2. The van der Waals surface area contributed by atoms with Gasteiger partial charge < -0.3 is 10.2 Å².